The number of nitrogens with one attached hydrogen (secondary N) is 2. The fraction of sp³-hybridized carbons (Fsp3) is 0.688. The molecule has 2 heterocycles. The zero-order valence-electron chi connectivity index (χ0n) is 13.9. The second kappa shape index (κ2) is 10.4. The Morgan fingerprint density at radius 1 is 1.36 bits per heavy atom. The largest absolute Gasteiger partial charge is 0.357 e. The summed E-state index contributed by atoms with van der Waals surface area (Å²) in [6.07, 6.45) is 2.62. The predicted octanol–water partition coefficient (Wildman–Crippen LogP) is 3.21. The lowest BCUT2D eigenvalue weighted by atomic mass is 10.2. The molecule has 1 aliphatic rings. The Balaban J connectivity index is 0.00000242. The number of hydrogen-bond acceptors (Lipinski definition) is 3. The molecule has 1 saturated heterocycles. The number of nitrogens with zero attached hydrogens (tertiary/aromatic N) is 2. The summed E-state index contributed by atoms with van der Waals surface area (Å²) in [4.78, 5) is 9.92. The average Bonchev–Trinajstić information content (AvgIpc) is 3.10. The molecule has 1 unspecified atom stereocenters. The summed E-state index contributed by atoms with van der Waals surface area (Å²) in [5.74, 6) is 0.937. The van der Waals surface area contributed by atoms with Gasteiger partial charge in [-0.25, -0.2) is 4.99 Å². The summed E-state index contributed by atoms with van der Waals surface area (Å²) < 4.78 is 0. The van der Waals surface area contributed by atoms with Crippen molar-refractivity contribution in [3.63, 3.8) is 0 Å². The topological polar surface area (TPSA) is 39.7 Å². The second-order valence-corrected chi connectivity index (χ2v) is 6.89. The number of guanidine groups is 1. The van der Waals surface area contributed by atoms with Gasteiger partial charge in [0.15, 0.2) is 5.96 Å². The van der Waals surface area contributed by atoms with E-state index in [1.807, 2.05) is 11.3 Å². The Labute approximate surface area is 155 Å². The van der Waals surface area contributed by atoms with Gasteiger partial charge in [0.2, 0.25) is 0 Å². The Morgan fingerprint density at radius 2 is 2.18 bits per heavy atom. The van der Waals surface area contributed by atoms with Crippen molar-refractivity contribution in [3.8, 4) is 0 Å². The SMILES string of the molecule is CCNC(=NCc1ccc(C)s1)NCC1CCCN1CC.I. The van der Waals surface area contributed by atoms with E-state index in [9.17, 15) is 0 Å². The lowest BCUT2D eigenvalue weighted by Gasteiger charge is -2.23. The van der Waals surface area contributed by atoms with Crippen LogP contribution in [-0.4, -0.2) is 43.1 Å². The van der Waals surface area contributed by atoms with Crippen LogP contribution in [0.1, 0.15) is 36.4 Å². The van der Waals surface area contributed by atoms with Crippen molar-refractivity contribution < 1.29 is 0 Å². The third-order valence-electron chi connectivity index (χ3n) is 3.94. The fourth-order valence-electron chi connectivity index (χ4n) is 2.83. The van der Waals surface area contributed by atoms with Gasteiger partial charge in [-0.05, 0) is 51.9 Å². The Morgan fingerprint density at radius 3 is 2.82 bits per heavy atom. The van der Waals surface area contributed by atoms with Gasteiger partial charge in [-0.2, -0.15) is 0 Å². The maximum absolute atomic E-state index is 4.70. The molecule has 1 atom stereocenters. The van der Waals surface area contributed by atoms with Crippen LogP contribution in [0.25, 0.3) is 0 Å². The molecule has 1 aliphatic heterocycles. The van der Waals surface area contributed by atoms with Crippen molar-refractivity contribution in [3.05, 3.63) is 21.9 Å². The fourth-order valence-corrected chi connectivity index (χ4v) is 3.64. The van der Waals surface area contributed by atoms with E-state index in [2.05, 4.69) is 48.4 Å². The summed E-state index contributed by atoms with van der Waals surface area (Å²) in [5.41, 5.74) is 0. The molecule has 0 aliphatic carbocycles. The van der Waals surface area contributed by atoms with Crippen molar-refractivity contribution in [2.45, 2.75) is 46.2 Å². The first-order valence-corrected chi connectivity index (χ1v) is 8.86. The third kappa shape index (κ3) is 6.04. The van der Waals surface area contributed by atoms with Crippen molar-refractivity contribution in [1.29, 1.82) is 0 Å². The van der Waals surface area contributed by atoms with Gasteiger partial charge in [0.05, 0.1) is 6.54 Å². The van der Waals surface area contributed by atoms with Crippen molar-refractivity contribution in [2.24, 2.45) is 4.99 Å². The molecule has 1 aromatic heterocycles. The molecule has 126 valence electrons. The molecular weight excluding hydrogens is 407 g/mol. The summed E-state index contributed by atoms with van der Waals surface area (Å²) in [6, 6.07) is 4.99. The predicted molar refractivity (Wildman–Crippen MR) is 108 cm³/mol. The maximum Gasteiger partial charge on any atom is 0.191 e. The van der Waals surface area contributed by atoms with Crippen LogP contribution in [0.2, 0.25) is 0 Å². The quantitative estimate of drug-likeness (QED) is 0.409. The molecule has 0 amide bonds. The summed E-state index contributed by atoms with van der Waals surface area (Å²) in [7, 11) is 0. The van der Waals surface area contributed by atoms with Gasteiger partial charge in [0.25, 0.3) is 0 Å². The number of hydrogen-bond donors (Lipinski definition) is 2. The minimum absolute atomic E-state index is 0. The summed E-state index contributed by atoms with van der Waals surface area (Å²) in [5, 5.41) is 6.85. The van der Waals surface area contributed by atoms with E-state index >= 15 is 0 Å². The van der Waals surface area contributed by atoms with Crippen LogP contribution < -0.4 is 10.6 Å². The highest BCUT2D eigenvalue weighted by atomic mass is 127. The van der Waals surface area contributed by atoms with E-state index in [4.69, 9.17) is 4.99 Å². The smallest absolute Gasteiger partial charge is 0.191 e. The zero-order valence-corrected chi connectivity index (χ0v) is 17.0. The first-order valence-electron chi connectivity index (χ1n) is 8.04. The van der Waals surface area contributed by atoms with E-state index < -0.39 is 0 Å². The highest BCUT2D eigenvalue weighted by molar-refractivity contribution is 14.0. The van der Waals surface area contributed by atoms with Gasteiger partial charge in [-0.15, -0.1) is 35.3 Å². The lowest BCUT2D eigenvalue weighted by Crippen LogP contribution is -2.44. The summed E-state index contributed by atoms with van der Waals surface area (Å²) in [6.45, 7) is 11.5. The van der Waals surface area contributed by atoms with E-state index in [0.717, 1.165) is 32.1 Å². The van der Waals surface area contributed by atoms with Crippen LogP contribution >= 0.6 is 35.3 Å². The van der Waals surface area contributed by atoms with E-state index in [1.54, 1.807) is 0 Å². The number of thiophene rings is 1. The van der Waals surface area contributed by atoms with E-state index in [0.29, 0.717) is 6.04 Å². The summed E-state index contributed by atoms with van der Waals surface area (Å²) >= 11 is 1.82. The van der Waals surface area contributed by atoms with Crippen LogP contribution in [0, 0.1) is 6.92 Å². The number of aliphatic imine (C=N–C) groups is 1. The minimum atomic E-state index is 0. The highest BCUT2D eigenvalue weighted by Gasteiger charge is 2.22. The average molecular weight is 436 g/mol. The standard InChI is InChI=1S/C16H28N4S.HI/c1-4-17-16(19-12-15-9-8-13(3)21-15)18-11-14-7-6-10-20(14)5-2;/h8-9,14H,4-7,10-12H2,1-3H3,(H2,17,18,19);1H. The highest BCUT2D eigenvalue weighted by Crippen LogP contribution is 2.16. The van der Waals surface area contributed by atoms with Crippen LogP contribution in [0.5, 0.6) is 0 Å². The molecule has 2 rings (SSSR count). The van der Waals surface area contributed by atoms with Crippen molar-refractivity contribution in [2.75, 3.05) is 26.2 Å². The Hall–Kier alpha value is -0.340. The van der Waals surface area contributed by atoms with Crippen molar-refractivity contribution in [1.82, 2.24) is 15.5 Å². The van der Waals surface area contributed by atoms with Gasteiger partial charge in [0.1, 0.15) is 0 Å². The van der Waals surface area contributed by atoms with Crippen molar-refractivity contribution >= 4 is 41.3 Å². The van der Waals surface area contributed by atoms with Gasteiger partial charge in [-0.3, -0.25) is 4.90 Å². The van der Waals surface area contributed by atoms with Gasteiger partial charge >= 0.3 is 0 Å². The molecule has 0 saturated carbocycles. The molecule has 0 radical (unpaired) electrons. The van der Waals surface area contributed by atoms with Gasteiger partial charge in [-0.1, -0.05) is 6.92 Å². The van der Waals surface area contributed by atoms with Crippen LogP contribution in [-0.2, 0) is 6.54 Å². The molecule has 0 bridgehead atoms. The Kier molecular flexibility index (Phi) is 9.35. The number of likely N-dealkylation sites (N-methyl/N-ethyl adjacent to an activating group) is 1. The van der Waals surface area contributed by atoms with Crippen LogP contribution in [0.4, 0.5) is 0 Å². The molecule has 1 fully saturated rings. The molecule has 22 heavy (non-hydrogen) atoms. The first kappa shape index (κ1) is 19.7. The molecular formula is C16H29IN4S. The number of rotatable bonds is 6. The molecule has 0 aromatic carbocycles. The number of aryl methyl sites for hydroxylation is 1. The van der Waals surface area contributed by atoms with Gasteiger partial charge < -0.3 is 10.6 Å². The molecule has 2 N–H and O–H groups in total. The van der Waals surface area contributed by atoms with Crippen LogP contribution in [0.15, 0.2) is 17.1 Å². The normalized spacial score (nSPS) is 19.0. The van der Waals surface area contributed by atoms with Gasteiger partial charge in [0, 0.05) is 28.9 Å². The van der Waals surface area contributed by atoms with E-state index in [1.165, 1.54) is 29.1 Å². The molecule has 4 nitrogen and oxygen atoms in total. The zero-order chi connectivity index (χ0) is 15.1. The van der Waals surface area contributed by atoms with E-state index in [-0.39, 0.29) is 24.0 Å². The monoisotopic (exact) mass is 436 g/mol. The number of halogens is 1. The molecule has 1 aromatic rings. The minimum Gasteiger partial charge on any atom is -0.357 e. The Bertz CT molecular complexity index is 461. The molecule has 6 heteroatoms. The molecule has 0 spiro atoms. The second-order valence-electron chi connectivity index (χ2n) is 5.51. The third-order valence-corrected chi connectivity index (χ3v) is 4.93. The lowest BCUT2D eigenvalue weighted by molar-refractivity contribution is 0.267. The van der Waals surface area contributed by atoms with Crippen LogP contribution in [0.3, 0.4) is 0 Å². The maximum atomic E-state index is 4.70. The first-order chi connectivity index (χ1) is 10.2. The number of likely N-dealkylation sites (tertiary alicyclic amines) is 1.